The number of carbonyl (C=O) groups excluding carboxylic acids is 1. The van der Waals surface area contributed by atoms with Crippen LogP contribution in [0.1, 0.15) is 13.8 Å². The van der Waals surface area contributed by atoms with Gasteiger partial charge in [-0.05, 0) is 19.9 Å². The molecule has 1 N–H and O–H groups in total. The molecule has 2 heterocycles. The molecular formula is C11H12N4O. The van der Waals surface area contributed by atoms with Gasteiger partial charge in [-0.15, -0.1) is 0 Å². The molecule has 0 aromatic carbocycles. The molecule has 2 aliphatic heterocycles. The Balaban J connectivity index is 2.32. The summed E-state index contributed by atoms with van der Waals surface area (Å²) in [4.78, 5) is 11.3. The molecule has 0 bridgehead atoms. The number of nitrogens with zero attached hydrogens (tertiary/aromatic N) is 3. The zero-order chi connectivity index (χ0) is 11.7. The second-order valence-electron chi connectivity index (χ2n) is 3.67. The third-order valence-corrected chi connectivity index (χ3v) is 2.53. The van der Waals surface area contributed by atoms with Gasteiger partial charge < -0.3 is 5.32 Å². The third kappa shape index (κ3) is 1.54. The molecule has 0 atom stereocenters. The molecule has 16 heavy (non-hydrogen) atoms. The summed E-state index contributed by atoms with van der Waals surface area (Å²) in [6, 6.07) is 2.00. The number of fused-ring (bicyclic) bond motifs is 1. The van der Waals surface area contributed by atoms with Gasteiger partial charge in [0.1, 0.15) is 5.82 Å². The maximum Gasteiger partial charge on any atom is 0.251 e. The summed E-state index contributed by atoms with van der Waals surface area (Å²) in [6.45, 7) is 4.39. The van der Waals surface area contributed by atoms with Gasteiger partial charge >= 0.3 is 0 Å². The lowest BCUT2D eigenvalue weighted by Crippen LogP contribution is -2.43. The van der Waals surface area contributed by atoms with Crippen LogP contribution in [0.15, 0.2) is 35.4 Å². The van der Waals surface area contributed by atoms with Crippen molar-refractivity contribution in [2.75, 3.05) is 6.54 Å². The van der Waals surface area contributed by atoms with Gasteiger partial charge in [-0.25, -0.2) is 5.01 Å². The highest BCUT2D eigenvalue weighted by Crippen LogP contribution is 2.26. The molecule has 0 aromatic rings. The predicted octanol–water partition coefficient (Wildman–Crippen LogP) is 0.821. The molecule has 0 fully saturated rings. The van der Waals surface area contributed by atoms with E-state index < -0.39 is 0 Å². The van der Waals surface area contributed by atoms with E-state index in [1.807, 2.05) is 36.0 Å². The van der Waals surface area contributed by atoms with Gasteiger partial charge in [-0.3, -0.25) is 9.80 Å². The molecule has 5 nitrogen and oxygen atoms in total. The molecule has 82 valence electrons. The van der Waals surface area contributed by atoms with Crippen LogP contribution in [0, 0.1) is 11.3 Å². The van der Waals surface area contributed by atoms with Crippen LogP contribution in [0.3, 0.4) is 0 Å². The molecule has 0 aliphatic carbocycles. The first-order valence-corrected chi connectivity index (χ1v) is 4.97. The Kier molecular flexibility index (Phi) is 2.41. The number of rotatable bonds is 1. The quantitative estimate of drug-likeness (QED) is 0.659. The van der Waals surface area contributed by atoms with E-state index in [1.165, 1.54) is 12.2 Å². The Labute approximate surface area is 93.9 Å². The Bertz CT molecular complexity index is 465. The van der Waals surface area contributed by atoms with Crippen LogP contribution in [0.2, 0.25) is 0 Å². The van der Waals surface area contributed by atoms with E-state index in [2.05, 4.69) is 5.32 Å². The smallest absolute Gasteiger partial charge is 0.251 e. The van der Waals surface area contributed by atoms with Crippen molar-refractivity contribution < 1.29 is 4.79 Å². The molecule has 0 unspecified atom stereocenters. The SMILES string of the molecule is CC1=CC(=O)NC2=CCN(/C(C)=C\C#N)N12. The van der Waals surface area contributed by atoms with Crippen LogP contribution in [-0.2, 0) is 4.79 Å². The summed E-state index contributed by atoms with van der Waals surface area (Å²) >= 11 is 0. The van der Waals surface area contributed by atoms with E-state index in [9.17, 15) is 4.79 Å². The van der Waals surface area contributed by atoms with Crippen LogP contribution in [0.4, 0.5) is 0 Å². The Morgan fingerprint density at radius 2 is 2.44 bits per heavy atom. The summed E-state index contributed by atoms with van der Waals surface area (Å²) in [5.74, 6) is 0.652. The number of amides is 1. The van der Waals surface area contributed by atoms with E-state index >= 15 is 0 Å². The van der Waals surface area contributed by atoms with E-state index in [4.69, 9.17) is 5.26 Å². The highest BCUT2D eigenvalue weighted by Gasteiger charge is 2.29. The van der Waals surface area contributed by atoms with Crippen LogP contribution in [0.25, 0.3) is 0 Å². The molecule has 5 heteroatoms. The number of hydrogen-bond donors (Lipinski definition) is 1. The van der Waals surface area contributed by atoms with Gasteiger partial charge in [0.15, 0.2) is 0 Å². The molecule has 0 saturated carbocycles. The van der Waals surface area contributed by atoms with Crippen molar-refractivity contribution in [2.24, 2.45) is 0 Å². The van der Waals surface area contributed by atoms with E-state index in [0.717, 1.165) is 17.2 Å². The molecule has 0 spiro atoms. The van der Waals surface area contributed by atoms with Gasteiger partial charge in [0.05, 0.1) is 12.6 Å². The summed E-state index contributed by atoms with van der Waals surface area (Å²) in [5.41, 5.74) is 1.69. The van der Waals surface area contributed by atoms with Crippen molar-refractivity contribution >= 4 is 5.91 Å². The Hall–Kier alpha value is -2.22. The van der Waals surface area contributed by atoms with Gasteiger partial charge in [0, 0.05) is 23.5 Å². The van der Waals surface area contributed by atoms with Crippen molar-refractivity contribution in [2.45, 2.75) is 13.8 Å². The predicted molar refractivity (Wildman–Crippen MR) is 57.9 cm³/mol. The Morgan fingerprint density at radius 1 is 1.69 bits per heavy atom. The number of nitriles is 1. The van der Waals surface area contributed by atoms with Crippen LogP contribution < -0.4 is 5.32 Å². The lowest BCUT2D eigenvalue weighted by Gasteiger charge is -2.36. The highest BCUT2D eigenvalue weighted by atomic mass is 16.2. The molecule has 0 radical (unpaired) electrons. The normalized spacial score (nSPS) is 19.8. The number of hydrogen-bond acceptors (Lipinski definition) is 4. The van der Waals surface area contributed by atoms with Gasteiger partial charge in [0.25, 0.3) is 5.91 Å². The van der Waals surface area contributed by atoms with Crippen LogP contribution in [0.5, 0.6) is 0 Å². The number of hydrazine groups is 1. The molecule has 0 saturated heterocycles. The lowest BCUT2D eigenvalue weighted by atomic mass is 10.3. The fraction of sp³-hybridized carbons (Fsp3) is 0.273. The van der Waals surface area contributed by atoms with Gasteiger partial charge in [0.2, 0.25) is 0 Å². The second-order valence-corrected chi connectivity index (χ2v) is 3.67. The zero-order valence-electron chi connectivity index (χ0n) is 9.19. The van der Waals surface area contributed by atoms with E-state index in [-0.39, 0.29) is 5.91 Å². The summed E-state index contributed by atoms with van der Waals surface area (Å²) in [7, 11) is 0. The standard InChI is InChI=1S/C11H12N4O/c1-8(3-5-12)14-6-4-10-13-11(16)7-9(2)15(10)14/h3-4,7H,6H2,1-2H3,(H,13,16)/b8-3-. The fourth-order valence-corrected chi connectivity index (χ4v) is 1.84. The second kappa shape index (κ2) is 3.74. The third-order valence-electron chi connectivity index (χ3n) is 2.53. The monoisotopic (exact) mass is 216 g/mol. The van der Waals surface area contributed by atoms with Crippen LogP contribution >= 0.6 is 0 Å². The number of allylic oxidation sites excluding steroid dienone is 3. The first-order chi connectivity index (χ1) is 7.63. The fourth-order valence-electron chi connectivity index (χ4n) is 1.84. The molecule has 1 amide bonds. The van der Waals surface area contributed by atoms with Crippen LogP contribution in [-0.4, -0.2) is 22.5 Å². The minimum atomic E-state index is -0.108. The minimum absolute atomic E-state index is 0.108. The van der Waals surface area contributed by atoms with Crippen molar-refractivity contribution in [3.63, 3.8) is 0 Å². The van der Waals surface area contributed by atoms with E-state index in [0.29, 0.717) is 6.54 Å². The topological polar surface area (TPSA) is 59.4 Å². The van der Waals surface area contributed by atoms with Crippen molar-refractivity contribution in [1.29, 1.82) is 5.26 Å². The van der Waals surface area contributed by atoms with Crippen molar-refractivity contribution in [3.05, 3.63) is 35.4 Å². The first kappa shape index (κ1) is 10.3. The number of nitrogens with one attached hydrogen (secondary N) is 1. The first-order valence-electron chi connectivity index (χ1n) is 4.97. The maximum absolute atomic E-state index is 11.3. The molecular weight excluding hydrogens is 204 g/mol. The summed E-state index contributed by atoms with van der Waals surface area (Å²) < 4.78 is 0. The lowest BCUT2D eigenvalue weighted by molar-refractivity contribution is -0.117. The molecule has 2 rings (SSSR count). The average Bonchev–Trinajstić information content (AvgIpc) is 2.61. The van der Waals surface area contributed by atoms with Crippen molar-refractivity contribution in [1.82, 2.24) is 15.3 Å². The maximum atomic E-state index is 11.3. The van der Waals surface area contributed by atoms with E-state index in [1.54, 1.807) is 0 Å². The molecule has 2 aliphatic rings. The highest BCUT2D eigenvalue weighted by molar-refractivity contribution is 5.90. The van der Waals surface area contributed by atoms with Gasteiger partial charge in [-0.1, -0.05) is 0 Å². The molecule has 0 aromatic heterocycles. The summed E-state index contributed by atoms with van der Waals surface area (Å²) in [6.07, 6.45) is 4.94. The minimum Gasteiger partial charge on any atom is -0.307 e. The largest absolute Gasteiger partial charge is 0.307 e. The Morgan fingerprint density at radius 3 is 3.12 bits per heavy atom. The average molecular weight is 216 g/mol. The van der Waals surface area contributed by atoms with Gasteiger partial charge in [-0.2, -0.15) is 5.26 Å². The number of carbonyl (C=O) groups is 1. The zero-order valence-corrected chi connectivity index (χ0v) is 9.19. The van der Waals surface area contributed by atoms with Crippen molar-refractivity contribution in [3.8, 4) is 6.07 Å². The summed E-state index contributed by atoms with van der Waals surface area (Å²) in [5, 5.41) is 15.2.